The van der Waals surface area contributed by atoms with E-state index in [-0.39, 0.29) is 5.57 Å². The van der Waals surface area contributed by atoms with Crippen molar-refractivity contribution in [2.75, 3.05) is 11.9 Å². The number of benzene rings is 2. The second-order valence-corrected chi connectivity index (χ2v) is 7.11. The molecule has 1 amide bonds. The Morgan fingerprint density at radius 2 is 2.08 bits per heavy atom. The van der Waals surface area contributed by atoms with E-state index >= 15 is 0 Å². The number of carbonyl (C=O) groups excluding carboxylic acids is 1. The summed E-state index contributed by atoms with van der Waals surface area (Å²) < 4.78 is 7.16. The van der Waals surface area contributed by atoms with Crippen LogP contribution in [0.4, 0.5) is 5.69 Å². The Morgan fingerprint density at radius 1 is 1.35 bits per heavy atom. The maximum atomic E-state index is 12.5. The van der Waals surface area contributed by atoms with E-state index < -0.39 is 5.91 Å². The fourth-order valence-electron chi connectivity index (χ4n) is 2.19. The second-order valence-electron chi connectivity index (χ2n) is 5.34. The summed E-state index contributed by atoms with van der Waals surface area (Å²) in [4.78, 5) is 12.5. The SMILES string of the molecule is C=CCOc1c(Br)cc(Br)cc1/C=C(\C#N)C(=O)Nc1ccccc1C. The number of aryl methyl sites for hydroxylation is 1. The smallest absolute Gasteiger partial charge is 0.266 e. The first kappa shape index (κ1) is 20.0. The number of halogens is 2. The zero-order valence-electron chi connectivity index (χ0n) is 14.1. The van der Waals surface area contributed by atoms with E-state index in [1.165, 1.54) is 6.08 Å². The van der Waals surface area contributed by atoms with Crippen molar-refractivity contribution < 1.29 is 9.53 Å². The Balaban J connectivity index is 2.39. The largest absolute Gasteiger partial charge is 0.488 e. The average Bonchev–Trinajstić information content (AvgIpc) is 2.60. The minimum atomic E-state index is -0.479. The second kappa shape index (κ2) is 9.37. The van der Waals surface area contributed by atoms with Gasteiger partial charge in [0.1, 0.15) is 24.0 Å². The third-order valence-electron chi connectivity index (χ3n) is 3.44. The number of ether oxygens (including phenoxy) is 1. The van der Waals surface area contributed by atoms with Gasteiger partial charge in [-0.25, -0.2) is 0 Å². The monoisotopic (exact) mass is 474 g/mol. The molecule has 0 spiro atoms. The predicted molar refractivity (Wildman–Crippen MR) is 111 cm³/mol. The number of nitrogens with one attached hydrogen (secondary N) is 1. The van der Waals surface area contributed by atoms with E-state index in [4.69, 9.17) is 4.74 Å². The van der Waals surface area contributed by atoms with Crippen molar-refractivity contribution in [1.82, 2.24) is 0 Å². The molecule has 0 atom stereocenters. The van der Waals surface area contributed by atoms with Gasteiger partial charge in [0.05, 0.1) is 4.47 Å². The summed E-state index contributed by atoms with van der Waals surface area (Å²) in [5.74, 6) is 0.0529. The minimum Gasteiger partial charge on any atom is -0.488 e. The molecular formula is C20H16Br2N2O2. The molecule has 0 saturated carbocycles. The summed E-state index contributed by atoms with van der Waals surface area (Å²) in [5.41, 5.74) is 2.15. The molecule has 0 aliphatic heterocycles. The number of carbonyl (C=O) groups is 1. The molecule has 1 N–H and O–H groups in total. The van der Waals surface area contributed by atoms with Gasteiger partial charge in [-0.1, -0.05) is 46.8 Å². The van der Waals surface area contributed by atoms with E-state index in [9.17, 15) is 10.1 Å². The number of nitriles is 1. The van der Waals surface area contributed by atoms with Crippen molar-refractivity contribution in [3.63, 3.8) is 0 Å². The maximum Gasteiger partial charge on any atom is 0.266 e. The minimum absolute atomic E-state index is 0.0262. The van der Waals surface area contributed by atoms with Crippen LogP contribution in [0.2, 0.25) is 0 Å². The highest BCUT2D eigenvalue weighted by Crippen LogP contribution is 2.34. The van der Waals surface area contributed by atoms with Crippen LogP contribution in [0.25, 0.3) is 6.08 Å². The van der Waals surface area contributed by atoms with Gasteiger partial charge in [0.2, 0.25) is 0 Å². The zero-order valence-corrected chi connectivity index (χ0v) is 17.2. The lowest BCUT2D eigenvalue weighted by molar-refractivity contribution is -0.112. The number of nitrogens with zero attached hydrogens (tertiary/aromatic N) is 1. The maximum absolute atomic E-state index is 12.5. The Labute approximate surface area is 169 Å². The lowest BCUT2D eigenvalue weighted by Gasteiger charge is -2.12. The molecule has 2 rings (SSSR count). The topological polar surface area (TPSA) is 62.1 Å². The van der Waals surface area contributed by atoms with E-state index in [2.05, 4.69) is 43.8 Å². The van der Waals surface area contributed by atoms with Crippen LogP contribution >= 0.6 is 31.9 Å². The summed E-state index contributed by atoms with van der Waals surface area (Å²) in [6, 6.07) is 12.9. The van der Waals surface area contributed by atoms with Crippen LogP contribution in [-0.2, 0) is 4.79 Å². The molecule has 0 aliphatic rings. The van der Waals surface area contributed by atoms with Gasteiger partial charge in [-0.15, -0.1) is 0 Å². The zero-order chi connectivity index (χ0) is 19.1. The average molecular weight is 476 g/mol. The first-order valence-electron chi connectivity index (χ1n) is 7.67. The van der Waals surface area contributed by atoms with Crippen LogP contribution in [0.1, 0.15) is 11.1 Å². The van der Waals surface area contributed by atoms with Crippen LogP contribution < -0.4 is 10.1 Å². The fourth-order valence-corrected chi connectivity index (χ4v) is 3.56. The van der Waals surface area contributed by atoms with E-state index in [1.807, 2.05) is 37.3 Å². The molecule has 0 aromatic heterocycles. The number of anilines is 1. The molecule has 0 bridgehead atoms. The molecule has 26 heavy (non-hydrogen) atoms. The van der Waals surface area contributed by atoms with Crippen LogP contribution in [-0.4, -0.2) is 12.5 Å². The van der Waals surface area contributed by atoms with Crippen molar-refractivity contribution in [1.29, 1.82) is 5.26 Å². The van der Waals surface area contributed by atoms with Crippen LogP contribution in [0.15, 0.2) is 63.6 Å². The molecule has 0 saturated heterocycles. The van der Waals surface area contributed by atoms with Crippen molar-refractivity contribution in [3.8, 4) is 11.8 Å². The standard InChI is InChI=1S/C20H16Br2N2O2/c1-3-8-26-19-14(10-16(21)11-17(19)22)9-15(12-23)20(25)24-18-7-5-4-6-13(18)2/h3-7,9-11H,1,8H2,2H3,(H,24,25)/b15-9+. The quantitative estimate of drug-likeness (QED) is 0.334. The predicted octanol–water partition coefficient (Wildman–Crippen LogP) is 5.63. The molecule has 0 heterocycles. The first-order valence-corrected chi connectivity index (χ1v) is 9.26. The lowest BCUT2D eigenvalue weighted by Crippen LogP contribution is -2.14. The lowest BCUT2D eigenvalue weighted by atomic mass is 10.1. The van der Waals surface area contributed by atoms with Gasteiger partial charge in [-0.2, -0.15) is 5.26 Å². The molecular weight excluding hydrogens is 460 g/mol. The van der Waals surface area contributed by atoms with Gasteiger partial charge in [0.15, 0.2) is 0 Å². The molecule has 0 unspecified atom stereocenters. The van der Waals surface area contributed by atoms with Gasteiger partial charge in [0.25, 0.3) is 5.91 Å². The molecule has 2 aromatic rings. The molecule has 6 heteroatoms. The summed E-state index contributed by atoms with van der Waals surface area (Å²) in [5, 5.41) is 12.2. The number of para-hydroxylation sites is 1. The molecule has 0 radical (unpaired) electrons. The van der Waals surface area contributed by atoms with Crippen LogP contribution in [0.5, 0.6) is 5.75 Å². The number of amides is 1. The van der Waals surface area contributed by atoms with Gasteiger partial charge in [-0.05, 0) is 52.7 Å². The molecule has 2 aromatic carbocycles. The summed E-state index contributed by atoms with van der Waals surface area (Å²) >= 11 is 6.85. The third kappa shape index (κ3) is 5.07. The Bertz CT molecular complexity index is 915. The van der Waals surface area contributed by atoms with Crippen LogP contribution in [0.3, 0.4) is 0 Å². The first-order chi connectivity index (χ1) is 12.5. The van der Waals surface area contributed by atoms with E-state index in [1.54, 1.807) is 18.2 Å². The summed E-state index contributed by atoms with van der Waals surface area (Å²) in [6.07, 6.45) is 3.12. The fraction of sp³-hybridized carbons (Fsp3) is 0.100. The molecule has 0 fully saturated rings. The van der Waals surface area contributed by atoms with E-state index in [0.717, 1.165) is 10.0 Å². The Morgan fingerprint density at radius 3 is 2.73 bits per heavy atom. The molecule has 132 valence electrons. The Kier molecular flexibility index (Phi) is 7.19. The Hall–Kier alpha value is -2.36. The molecule has 4 nitrogen and oxygen atoms in total. The number of hydrogen-bond donors (Lipinski definition) is 1. The van der Waals surface area contributed by atoms with Gasteiger partial charge >= 0.3 is 0 Å². The van der Waals surface area contributed by atoms with Crippen molar-refractivity contribution in [3.05, 3.63) is 74.7 Å². The van der Waals surface area contributed by atoms with Gasteiger partial charge < -0.3 is 10.1 Å². The van der Waals surface area contributed by atoms with Gasteiger partial charge in [0, 0.05) is 15.7 Å². The van der Waals surface area contributed by atoms with Crippen molar-refractivity contribution in [2.24, 2.45) is 0 Å². The van der Waals surface area contributed by atoms with E-state index in [0.29, 0.717) is 28.1 Å². The summed E-state index contributed by atoms with van der Waals surface area (Å²) in [6.45, 7) is 5.82. The number of rotatable bonds is 6. The highest BCUT2D eigenvalue weighted by atomic mass is 79.9. The third-order valence-corrected chi connectivity index (χ3v) is 4.49. The normalized spacial score (nSPS) is 10.8. The summed E-state index contributed by atoms with van der Waals surface area (Å²) in [7, 11) is 0. The van der Waals surface area contributed by atoms with Crippen molar-refractivity contribution in [2.45, 2.75) is 6.92 Å². The highest BCUT2D eigenvalue weighted by molar-refractivity contribution is 9.11. The van der Waals surface area contributed by atoms with Gasteiger partial charge in [-0.3, -0.25) is 4.79 Å². The number of hydrogen-bond acceptors (Lipinski definition) is 3. The van der Waals surface area contributed by atoms with Crippen molar-refractivity contribution >= 4 is 49.5 Å². The molecule has 0 aliphatic carbocycles. The van der Waals surface area contributed by atoms with Crippen LogP contribution in [0, 0.1) is 18.3 Å². The highest BCUT2D eigenvalue weighted by Gasteiger charge is 2.14.